The molecule has 4 rings (SSSR count). The third-order valence-electron chi connectivity index (χ3n) is 4.96. The lowest BCUT2D eigenvalue weighted by Gasteiger charge is -2.36. The van der Waals surface area contributed by atoms with E-state index in [0.29, 0.717) is 22.9 Å². The van der Waals surface area contributed by atoms with E-state index in [1.54, 1.807) is 54.6 Å². The number of urea groups is 1. The van der Waals surface area contributed by atoms with Gasteiger partial charge < -0.3 is 15.2 Å². The molecule has 2 heterocycles. The van der Waals surface area contributed by atoms with E-state index in [4.69, 9.17) is 4.74 Å². The van der Waals surface area contributed by atoms with E-state index < -0.39 is 5.67 Å². The fourth-order valence-corrected chi connectivity index (χ4v) is 3.32. The van der Waals surface area contributed by atoms with Crippen LogP contribution in [0.4, 0.5) is 32.3 Å². The van der Waals surface area contributed by atoms with Crippen molar-refractivity contribution in [2.75, 3.05) is 28.8 Å². The normalized spacial score (nSPS) is 13.7. The Labute approximate surface area is 185 Å². The predicted octanol–water partition coefficient (Wildman–Crippen LogP) is 4.63. The molecule has 9 heteroatoms. The smallest absolute Gasteiger partial charge is 0.335 e. The molecule has 3 aromatic rings. The summed E-state index contributed by atoms with van der Waals surface area (Å²) in [5, 5.41) is 12.6. The molecule has 2 N–H and O–H groups in total. The lowest BCUT2D eigenvalue weighted by molar-refractivity contribution is 0.234. The minimum absolute atomic E-state index is 0.0247. The summed E-state index contributed by atoms with van der Waals surface area (Å²) in [6, 6.07) is 13.1. The minimum atomic E-state index is -1.45. The summed E-state index contributed by atoms with van der Waals surface area (Å²) in [4.78, 5) is 25.4. The molecule has 32 heavy (non-hydrogen) atoms. The second-order valence-electron chi connectivity index (χ2n) is 8.03. The number of hydrogen-bond acceptors (Lipinski definition) is 6. The van der Waals surface area contributed by atoms with Crippen molar-refractivity contribution in [1.29, 1.82) is 0 Å². The zero-order chi connectivity index (χ0) is 22.9. The minimum Gasteiger partial charge on any atom is -0.508 e. The van der Waals surface area contributed by atoms with E-state index in [1.807, 2.05) is 0 Å². The number of nitrogens with zero attached hydrogens (tertiary/aromatic N) is 4. The van der Waals surface area contributed by atoms with Crippen LogP contribution < -0.4 is 19.9 Å². The molecule has 1 aromatic heterocycles. The number of anilines is 4. The van der Waals surface area contributed by atoms with Crippen LogP contribution in [-0.2, 0) is 6.54 Å². The number of phenolic OH excluding ortho intramolecular Hbond substituents is 1. The second-order valence-corrected chi connectivity index (χ2v) is 8.03. The summed E-state index contributed by atoms with van der Waals surface area (Å²) in [6.45, 7) is 3.20. The van der Waals surface area contributed by atoms with Gasteiger partial charge in [-0.3, -0.25) is 4.90 Å². The predicted molar refractivity (Wildman–Crippen MR) is 121 cm³/mol. The first kappa shape index (κ1) is 21.4. The number of aromatic nitrogens is 2. The average molecular weight is 437 g/mol. The van der Waals surface area contributed by atoms with Crippen LogP contribution in [0.3, 0.4) is 0 Å². The number of rotatable bonds is 6. The van der Waals surface area contributed by atoms with Crippen molar-refractivity contribution in [3.8, 4) is 11.5 Å². The van der Waals surface area contributed by atoms with Gasteiger partial charge >= 0.3 is 6.03 Å². The Hall–Kier alpha value is -3.88. The van der Waals surface area contributed by atoms with Crippen LogP contribution in [0, 0.1) is 0 Å². The first-order valence-corrected chi connectivity index (χ1v) is 10.1. The number of nitrogens with one attached hydrogen (secondary N) is 1. The van der Waals surface area contributed by atoms with E-state index in [-0.39, 0.29) is 30.8 Å². The molecule has 8 nitrogen and oxygen atoms in total. The second kappa shape index (κ2) is 8.33. The Bertz CT molecular complexity index is 1110. The fraction of sp³-hybridized carbons (Fsp3) is 0.261. The van der Waals surface area contributed by atoms with Crippen molar-refractivity contribution >= 4 is 29.2 Å². The van der Waals surface area contributed by atoms with Crippen LogP contribution in [0.15, 0.2) is 54.7 Å². The number of phenols is 1. The molecule has 0 saturated carbocycles. The largest absolute Gasteiger partial charge is 0.508 e. The molecule has 0 radical (unpaired) electrons. The molecule has 0 aliphatic carbocycles. The van der Waals surface area contributed by atoms with Gasteiger partial charge in [-0.25, -0.2) is 19.1 Å². The van der Waals surface area contributed by atoms with Gasteiger partial charge in [0, 0.05) is 17.4 Å². The third kappa shape index (κ3) is 4.41. The van der Waals surface area contributed by atoms with Crippen LogP contribution in [-0.4, -0.2) is 40.4 Å². The number of alkyl halides is 1. The van der Waals surface area contributed by atoms with E-state index in [0.717, 1.165) is 5.56 Å². The standard InChI is InChI=1S/C23H24FN5O3/c1-23(2,24)14-26-21-25-12-15-13-28(16-6-10-19(32-3)11-7-16)22(31)29(20(15)27-21)17-4-8-18(30)9-5-17/h4-12,30H,13-14H2,1-3H3,(H,25,26,27). The number of fused-ring (bicyclic) bond motifs is 1. The van der Waals surface area contributed by atoms with Gasteiger partial charge in [0.2, 0.25) is 5.95 Å². The summed E-state index contributed by atoms with van der Waals surface area (Å²) in [7, 11) is 1.58. The molecule has 0 saturated heterocycles. The highest BCUT2D eigenvalue weighted by atomic mass is 19.1. The van der Waals surface area contributed by atoms with Crippen molar-refractivity contribution < 1.29 is 19.0 Å². The van der Waals surface area contributed by atoms with Gasteiger partial charge in [-0.2, -0.15) is 4.98 Å². The Morgan fingerprint density at radius 2 is 1.78 bits per heavy atom. The van der Waals surface area contributed by atoms with Gasteiger partial charge in [0.25, 0.3) is 0 Å². The van der Waals surface area contributed by atoms with Crippen LogP contribution in [0.2, 0.25) is 0 Å². The van der Waals surface area contributed by atoms with Crippen molar-refractivity contribution in [3.05, 3.63) is 60.3 Å². The Kier molecular flexibility index (Phi) is 5.56. The number of benzene rings is 2. The molecular weight excluding hydrogens is 413 g/mol. The molecule has 2 aromatic carbocycles. The molecule has 0 spiro atoms. The number of amides is 2. The van der Waals surface area contributed by atoms with Crippen LogP contribution >= 0.6 is 0 Å². The van der Waals surface area contributed by atoms with Crippen LogP contribution in [0.5, 0.6) is 11.5 Å². The molecule has 1 aliphatic heterocycles. The van der Waals surface area contributed by atoms with Crippen molar-refractivity contribution in [2.24, 2.45) is 0 Å². The Balaban J connectivity index is 1.75. The number of ether oxygens (including phenoxy) is 1. The number of halogens is 1. The van der Waals surface area contributed by atoms with Gasteiger partial charge in [-0.15, -0.1) is 0 Å². The zero-order valence-corrected chi connectivity index (χ0v) is 18.0. The fourth-order valence-electron chi connectivity index (χ4n) is 3.32. The highest BCUT2D eigenvalue weighted by molar-refractivity contribution is 6.10. The molecule has 0 bridgehead atoms. The summed E-state index contributed by atoms with van der Waals surface area (Å²) < 4.78 is 19.1. The van der Waals surface area contributed by atoms with Crippen LogP contribution in [0.25, 0.3) is 0 Å². The Morgan fingerprint density at radius 1 is 1.12 bits per heavy atom. The zero-order valence-electron chi connectivity index (χ0n) is 18.0. The number of methoxy groups -OCH3 is 1. The van der Waals surface area contributed by atoms with Gasteiger partial charge in [-0.1, -0.05) is 0 Å². The Morgan fingerprint density at radius 3 is 2.41 bits per heavy atom. The monoisotopic (exact) mass is 437 g/mol. The summed E-state index contributed by atoms with van der Waals surface area (Å²) >= 11 is 0. The lowest BCUT2D eigenvalue weighted by Crippen LogP contribution is -2.45. The maximum absolute atomic E-state index is 13.9. The highest BCUT2D eigenvalue weighted by Gasteiger charge is 2.34. The van der Waals surface area contributed by atoms with Gasteiger partial charge in [0.05, 0.1) is 25.9 Å². The molecule has 2 amide bonds. The molecular formula is C23H24FN5O3. The number of carbonyl (C=O) groups is 1. The quantitative estimate of drug-likeness (QED) is 0.584. The third-order valence-corrected chi connectivity index (χ3v) is 4.96. The average Bonchev–Trinajstić information content (AvgIpc) is 2.78. The number of carbonyl (C=O) groups excluding carboxylic acids is 1. The van der Waals surface area contributed by atoms with Gasteiger partial charge in [0.15, 0.2) is 5.82 Å². The topological polar surface area (TPSA) is 90.8 Å². The lowest BCUT2D eigenvalue weighted by atomic mass is 10.1. The number of hydrogen-bond donors (Lipinski definition) is 2. The van der Waals surface area contributed by atoms with Gasteiger partial charge in [0.1, 0.15) is 17.2 Å². The maximum atomic E-state index is 13.9. The van der Waals surface area contributed by atoms with Gasteiger partial charge in [-0.05, 0) is 62.4 Å². The molecule has 0 fully saturated rings. The van der Waals surface area contributed by atoms with E-state index in [2.05, 4.69) is 15.3 Å². The highest BCUT2D eigenvalue weighted by Crippen LogP contribution is 2.36. The first-order chi connectivity index (χ1) is 15.2. The van der Waals surface area contributed by atoms with E-state index in [1.165, 1.54) is 30.9 Å². The number of aromatic hydroxyl groups is 1. The van der Waals surface area contributed by atoms with Crippen molar-refractivity contribution in [3.63, 3.8) is 0 Å². The maximum Gasteiger partial charge on any atom is 0.335 e. The molecule has 1 aliphatic rings. The molecule has 0 atom stereocenters. The molecule has 166 valence electrons. The van der Waals surface area contributed by atoms with E-state index in [9.17, 15) is 14.3 Å². The van der Waals surface area contributed by atoms with Crippen molar-refractivity contribution in [1.82, 2.24) is 9.97 Å². The van der Waals surface area contributed by atoms with Crippen molar-refractivity contribution in [2.45, 2.75) is 26.1 Å². The SMILES string of the molecule is COc1ccc(N2Cc3cnc(NCC(C)(C)F)nc3N(c3ccc(O)cc3)C2=O)cc1. The van der Waals surface area contributed by atoms with Crippen LogP contribution in [0.1, 0.15) is 19.4 Å². The summed E-state index contributed by atoms with van der Waals surface area (Å²) in [6.07, 6.45) is 1.63. The first-order valence-electron chi connectivity index (χ1n) is 10.1. The molecule has 0 unspecified atom stereocenters. The summed E-state index contributed by atoms with van der Waals surface area (Å²) in [5.41, 5.74) is 0.490. The van der Waals surface area contributed by atoms with E-state index >= 15 is 0 Å². The summed E-state index contributed by atoms with van der Waals surface area (Å²) in [5.74, 6) is 1.40.